The van der Waals surface area contributed by atoms with E-state index in [-0.39, 0.29) is 18.0 Å². The van der Waals surface area contributed by atoms with E-state index in [1.54, 1.807) is 24.4 Å². The monoisotopic (exact) mass is 368 g/mol. The van der Waals surface area contributed by atoms with Crippen LogP contribution in [-0.4, -0.2) is 27.4 Å². The second-order valence-electron chi connectivity index (χ2n) is 6.77. The zero-order valence-corrected chi connectivity index (χ0v) is 15.2. The number of benzene rings is 1. The molecule has 142 valence electrons. The maximum absolute atomic E-state index is 13.2. The summed E-state index contributed by atoms with van der Waals surface area (Å²) in [6, 6.07) is 6.50. The van der Waals surface area contributed by atoms with E-state index in [0.717, 1.165) is 48.1 Å². The van der Waals surface area contributed by atoms with E-state index in [1.807, 2.05) is 12.2 Å². The van der Waals surface area contributed by atoms with Gasteiger partial charge >= 0.3 is 0 Å². The van der Waals surface area contributed by atoms with Crippen LogP contribution in [-0.2, 0) is 0 Å². The summed E-state index contributed by atoms with van der Waals surface area (Å²) >= 11 is 0. The van der Waals surface area contributed by atoms with Crippen molar-refractivity contribution in [3.8, 4) is 11.3 Å². The van der Waals surface area contributed by atoms with E-state index in [0.29, 0.717) is 5.82 Å². The fraction of sp³-hybridized carbons (Fsp3) is 0.286. The van der Waals surface area contributed by atoms with Crippen LogP contribution in [0.15, 0.2) is 61.1 Å². The topological polar surface area (TPSA) is 87.0 Å². The van der Waals surface area contributed by atoms with Crippen molar-refractivity contribution < 1.29 is 9.50 Å². The molecule has 2 aromatic rings. The number of allylic oxidation sites excluding steroid dienone is 4. The number of aromatic amines is 1. The Morgan fingerprint density at radius 1 is 1.26 bits per heavy atom. The van der Waals surface area contributed by atoms with E-state index in [2.05, 4.69) is 22.1 Å². The number of nitrogens with two attached hydrogens (primary N) is 1. The van der Waals surface area contributed by atoms with Gasteiger partial charge in [-0.3, -0.25) is 5.10 Å². The largest absolute Gasteiger partial charge is 0.393 e. The van der Waals surface area contributed by atoms with Crippen molar-refractivity contribution in [3.05, 3.63) is 72.5 Å². The molecular weight excluding hydrogens is 343 g/mol. The molecule has 3 rings (SSSR count). The number of aromatic nitrogens is 2. The molecule has 0 bridgehead atoms. The molecule has 0 atom stereocenters. The molecule has 1 fully saturated rings. The average molecular weight is 368 g/mol. The van der Waals surface area contributed by atoms with Crippen molar-refractivity contribution in [2.24, 2.45) is 5.73 Å². The maximum atomic E-state index is 13.2. The van der Waals surface area contributed by atoms with E-state index < -0.39 is 0 Å². The fourth-order valence-electron chi connectivity index (χ4n) is 3.35. The number of aliphatic hydroxyl groups excluding tert-OH is 1. The molecule has 6 heteroatoms. The van der Waals surface area contributed by atoms with Crippen molar-refractivity contribution >= 4 is 5.57 Å². The smallest absolute Gasteiger partial charge is 0.123 e. The number of halogens is 1. The molecule has 0 saturated heterocycles. The van der Waals surface area contributed by atoms with Crippen LogP contribution in [0.2, 0.25) is 0 Å². The summed E-state index contributed by atoms with van der Waals surface area (Å²) in [5.74, 6) is 0.267. The van der Waals surface area contributed by atoms with Crippen LogP contribution in [0, 0.1) is 5.82 Å². The standard InChI is InChI=1S/C21H25FN4O/c1-2-3-15(12-20(23)25-17-8-10-18(27)11-9-17)19-13-24-26-21(19)14-4-6-16(22)7-5-14/h2-7,12-13,17-18,25,27H,1,8-11,23H2,(H,24,26)/b15-3+,20-12+. The Balaban J connectivity index is 1.82. The third kappa shape index (κ3) is 4.86. The lowest BCUT2D eigenvalue weighted by Gasteiger charge is -2.27. The van der Waals surface area contributed by atoms with Crippen LogP contribution >= 0.6 is 0 Å². The second-order valence-corrected chi connectivity index (χ2v) is 6.77. The number of rotatable bonds is 6. The summed E-state index contributed by atoms with van der Waals surface area (Å²) in [7, 11) is 0. The minimum Gasteiger partial charge on any atom is -0.393 e. The number of nitrogens with zero attached hydrogens (tertiary/aromatic N) is 1. The Bertz CT molecular complexity index is 830. The number of aliphatic hydroxyl groups is 1. The summed E-state index contributed by atoms with van der Waals surface area (Å²) in [6.07, 6.45) is 10.3. The molecular formula is C21H25FN4O. The highest BCUT2D eigenvalue weighted by Crippen LogP contribution is 2.28. The number of H-pyrrole nitrogens is 1. The maximum Gasteiger partial charge on any atom is 0.123 e. The van der Waals surface area contributed by atoms with E-state index in [4.69, 9.17) is 5.73 Å². The highest BCUT2D eigenvalue weighted by atomic mass is 19.1. The summed E-state index contributed by atoms with van der Waals surface area (Å²) in [4.78, 5) is 0. The molecule has 1 aromatic carbocycles. The second kappa shape index (κ2) is 8.68. The Kier molecular flexibility index (Phi) is 6.08. The Labute approximate surface area is 158 Å². The van der Waals surface area contributed by atoms with Crippen LogP contribution in [0.4, 0.5) is 4.39 Å². The Morgan fingerprint density at radius 2 is 1.96 bits per heavy atom. The SMILES string of the molecule is C=C/C=C(\C=C(/N)NC1CCC(O)CC1)c1cn[nH]c1-c1ccc(F)cc1. The van der Waals surface area contributed by atoms with Crippen LogP contribution in [0.25, 0.3) is 16.8 Å². The van der Waals surface area contributed by atoms with Gasteiger partial charge in [-0.05, 0) is 61.6 Å². The first-order chi connectivity index (χ1) is 13.1. The van der Waals surface area contributed by atoms with Gasteiger partial charge in [0.1, 0.15) is 5.82 Å². The molecule has 1 aliphatic carbocycles. The van der Waals surface area contributed by atoms with Gasteiger partial charge in [0.15, 0.2) is 0 Å². The van der Waals surface area contributed by atoms with Crippen LogP contribution < -0.4 is 11.1 Å². The first-order valence-corrected chi connectivity index (χ1v) is 9.11. The molecule has 1 heterocycles. The van der Waals surface area contributed by atoms with Gasteiger partial charge in [0.25, 0.3) is 0 Å². The zero-order valence-electron chi connectivity index (χ0n) is 15.2. The molecule has 0 amide bonds. The van der Waals surface area contributed by atoms with Gasteiger partial charge < -0.3 is 16.2 Å². The summed E-state index contributed by atoms with van der Waals surface area (Å²) in [5, 5.41) is 20.1. The van der Waals surface area contributed by atoms with Gasteiger partial charge in [-0.25, -0.2) is 4.39 Å². The number of nitrogens with one attached hydrogen (secondary N) is 2. The van der Waals surface area contributed by atoms with E-state index in [1.165, 1.54) is 12.1 Å². The van der Waals surface area contributed by atoms with Gasteiger partial charge in [-0.2, -0.15) is 5.10 Å². The molecule has 1 aromatic heterocycles. The van der Waals surface area contributed by atoms with Crippen molar-refractivity contribution in [1.82, 2.24) is 15.5 Å². The predicted octanol–water partition coefficient (Wildman–Crippen LogP) is 3.48. The number of hydrogen-bond donors (Lipinski definition) is 4. The lowest BCUT2D eigenvalue weighted by Crippen LogP contribution is -2.36. The molecule has 5 nitrogen and oxygen atoms in total. The molecule has 1 aliphatic rings. The quantitative estimate of drug-likeness (QED) is 0.588. The highest BCUT2D eigenvalue weighted by molar-refractivity contribution is 5.84. The lowest BCUT2D eigenvalue weighted by molar-refractivity contribution is 0.118. The van der Waals surface area contributed by atoms with E-state index >= 15 is 0 Å². The summed E-state index contributed by atoms with van der Waals surface area (Å²) in [6.45, 7) is 3.78. The zero-order chi connectivity index (χ0) is 19.2. The summed E-state index contributed by atoms with van der Waals surface area (Å²) < 4.78 is 13.2. The first kappa shape index (κ1) is 18.9. The third-order valence-corrected chi connectivity index (χ3v) is 4.76. The number of hydrogen-bond acceptors (Lipinski definition) is 4. The molecule has 0 radical (unpaired) electrons. The molecule has 0 unspecified atom stereocenters. The average Bonchev–Trinajstić information content (AvgIpc) is 3.13. The van der Waals surface area contributed by atoms with Gasteiger partial charge in [-0.15, -0.1) is 0 Å². The minimum absolute atomic E-state index is 0.200. The molecule has 0 spiro atoms. The molecule has 1 saturated carbocycles. The van der Waals surface area contributed by atoms with Crippen molar-refractivity contribution in [2.45, 2.75) is 37.8 Å². The Morgan fingerprint density at radius 3 is 2.63 bits per heavy atom. The van der Waals surface area contributed by atoms with Gasteiger partial charge in [0, 0.05) is 17.2 Å². The van der Waals surface area contributed by atoms with Crippen LogP contribution in [0.5, 0.6) is 0 Å². The van der Waals surface area contributed by atoms with Crippen molar-refractivity contribution in [3.63, 3.8) is 0 Å². The normalized spacial score (nSPS) is 21.1. The van der Waals surface area contributed by atoms with Crippen molar-refractivity contribution in [1.29, 1.82) is 0 Å². The van der Waals surface area contributed by atoms with E-state index in [9.17, 15) is 9.50 Å². The van der Waals surface area contributed by atoms with Gasteiger partial charge in [0.2, 0.25) is 0 Å². The molecule has 5 N–H and O–H groups in total. The Hall–Kier alpha value is -2.86. The lowest BCUT2D eigenvalue weighted by atomic mass is 9.93. The fourth-order valence-corrected chi connectivity index (χ4v) is 3.35. The minimum atomic E-state index is -0.285. The van der Waals surface area contributed by atoms with Gasteiger partial charge in [-0.1, -0.05) is 18.7 Å². The predicted molar refractivity (Wildman–Crippen MR) is 106 cm³/mol. The van der Waals surface area contributed by atoms with Crippen molar-refractivity contribution in [2.75, 3.05) is 0 Å². The molecule has 0 aliphatic heterocycles. The van der Waals surface area contributed by atoms with Crippen LogP contribution in [0.3, 0.4) is 0 Å². The van der Waals surface area contributed by atoms with Gasteiger partial charge in [0.05, 0.1) is 23.8 Å². The summed E-state index contributed by atoms with van der Waals surface area (Å²) in [5.41, 5.74) is 9.53. The van der Waals surface area contributed by atoms with Crippen LogP contribution in [0.1, 0.15) is 31.2 Å². The first-order valence-electron chi connectivity index (χ1n) is 9.11. The highest BCUT2D eigenvalue weighted by Gasteiger charge is 2.19. The third-order valence-electron chi connectivity index (χ3n) is 4.76. The molecule has 27 heavy (non-hydrogen) atoms.